The number of carbonyl (C=O) groups excluding carboxylic acids is 1. The van der Waals surface area contributed by atoms with Crippen molar-refractivity contribution < 1.29 is 22.4 Å². The number of allylic oxidation sites excluding steroid dienone is 2. The van der Waals surface area contributed by atoms with E-state index in [9.17, 15) is 22.4 Å². The largest absolute Gasteiger partial charge is 0.408 e. The fourth-order valence-electron chi connectivity index (χ4n) is 2.02. The molecule has 9 heteroatoms. The second-order valence-corrected chi connectivity index (χ2v) is 5.63. The third-order valence-corrected chi connectivity index (χ3v) is 3.55. The molecule has 1 atom stereocenters. The van der Waals surface area contributed by atoms with E-state index >= 15 is 0 Å². The van der Waals surface area contributed by atoms with Crippen LogP contribution in [0.1, 0.15) is 35.7 Å². The number of carbonyl (C=O) groups is 1. The third kappa shape index (κ3) is 4.78. The van der Waals surface area contributed by atoms with Crippen molar-refractivity contribution in [2.45, 2.75) is 26.1 Å². The van der Waals surface area contributed by atoms with E-state index in [0.717, 1.165) is 6.92 Å². The van der Waals surface area contributed by atoms with E-state index in [0.29, 0.717) is 16.8 Å². The van der Waals surface area contributed by atoms with Crippen molar-refractivity contribution in [1.82, 2.24) is 15.3 Å². The predicted octanol–water partition coefficient (Wildman–Crippen LogP) is 3.70. The Hall–Kier alpha value is -2.97. The quantitative estimate of drug-likeness (QED) is 0.556. The molecular formula is C17H16F4N4O. The molecule has 2 aromatic rings. The summed E-state index contributed by atoms with van der Waals surface area (Å²) >= 11 is 0. The summed E-state index contributed by atoms with van der Waals surface area (Å²) in [5.74, 6) is -1.74. The average Bonchev–Trinajstić information content (AvgIpc) is 3.04. The van der Waals surface area contributed by atoms with Crippen molar-refractivity contribution in [3.63, 3.8) is 0 Å². The van der Waals surface area contributed by atoms with E-state index in [1.54, 1.807) is 18.3 Å². The zero-order chi connectivity index (χ0) is 19.5. The van der Waals surface area contributed by atoms with Gasteiger partial charge in [0.15, 0.2) is 5.82 Å². The maximum absolute atomic E-state index is 13.2. The number of hydrogen-bond donors (Lipinski definition) is 3. The number of alkyl halides is 3. The Morgan fingerprint density at radius 1 is 1.38 bits per heavy atom. The molecule has 1 aromatic carbocycles. The summed E-state index contributed by atoms with van der Waals surface area (Å²) in [5.41, 5.74) is 1.26. The number of amides is 1. The summed E-state index contributed by atoms with van der Waals surface area (Å²) < 4.78 is 50.7. The second-order valence-electron chi connectivity index (χ2n) is 5.63. The Bertz CT molecular complexity index is 854. The molecule has 0 aliphatic carbocycles. The van der Waals surface area contributed by atoms with Gasteiger partial charge in [-0.1, -0.05) is 12.1 Å². The van der Waals surface area contributed by atoms with Crippen LogP contribution in [0.15, 0.2) is 36.5 Å². The number of hydrogen-bond acceptors (Lipinski definition) is 3. The van der Waals surface area contributed by atoms with E-state index in [-0.39, 0.29) is 11.5 Å². The van der Waals surface area contributed by atoms with Gasteiger partial charge in [-0.3, -0.25) is 4.79 Å². The molecule has 0 fully saturated rings. The Labute approximate surface area is 146 Å². The molecule has 0 radical (unpaired) electrons. The van der Waals surface area contributed by atoms with Crippen LogP contribution in [0, 0.1) is 11.2 Å². The van der Waals surface area contributed by atoms with Gasteiger partial charge >= 0.3 is 6.18 Å². The first-order chi connectivity index (χ1) is 12.1. The van der Waals surface area contributed by atoms with Crippen molar-refractivity contribution in [2.24, 2.45) is 0 Å². The molecule has 138 valence electrons. The van der Waals surface area contributed by atoms with E-state index in [1.165, 1.54) is 30.5 Å². The molecule has 0 aliphatic heterocycles. The number of benzene rings is 1. The molecule has 1 amide bonds. The minimum absolute atomic E-state index is 0.0355. The number of rotatable bonds is 5. The molecule has 0 bridgehead atoms. The molecule has 1 aromatic heterocycles. The SMILES string of the molecule is C/C(=C/C(=N)c1cccc(F)c1)c1cnc(C(=O)NC(C)C(F)(F)F)[nH]1. The van der Waals surface area contributed by atoms with Gasteiger partial charge in [0.1, 0.15) is 11.9 Å². The zero-order valence-corrected chi connectivity index (χ0v) is 13.9. The van der Waals surface area contributed by atoms with Gasteiger partial charge in [-0.25, -0.2) is 9.37 Å². The van der Waals surface area contributed by atoms with Gasteiger partial charge in [0.05, 0.1) is 17.6 Å². The van der Waals surface area contributed by atoms with E-state index in [2.05, 4.69) is 9.97 Å². The van der Waals surface area contributed by atoms with Crippen molar-refractivity contribution in [2.75, 3.05) is 0 Å². The van der Waals surface area contributed by atoms with Crippen molar-refractivity contribution >= 4 is 17.2 Å². The smallest absolute Gasteiger partial charge is 0.338 e. The number of aromatic amines is 1. The predicted molar refractivity (Wildman–Crippen MR) is 88.5 cm³/mol. The fourth-order valence-corrected chi connectivity index (χ4v) is 2.02. The first kappa shape index (κ1) is 19.4. The van der Waals surface area contributed by atoms with Gasteiger partial charge in [-0.15, -0.1) is 0 Å². The van der Waals surface area contributed by atoms with Crippen LogP contribution in [0.5, 0.6) is 0 Å². The van der Waals surface area contributed by atoms with Crippen LogP contribution < -0.4 is 5.32 Å². The molecule has 1 heterocycles. The molecule has 3 N–H and O–H groups in total. The molecule has 0 spiro atoms. The average molecular weight is 368 g/mol. The summed E-state index contributed by atoms with van der Waals surface area (Å²) in [6.45, 7) is 2.45. The van der Waals surface area contributed by atoms with Crippen LogP contribution in [0.2, 0.25) is 0 Å². The van der Waals surface area contributed by atoms with Crippen LogP contribution >= 0.6 is 0 Å². The number of aromatic nitrogens is 2. The normalized spacial score (nSPS) is 13.4. The monoisotopic (exact) mass is 368 g/mol. The number of imidazole rings is 1. The first-order valence-electron chi connectivity index (χ1n) is 7.53. The van der Waals surface area contributed by atoms with Gasteiger partial charge in [0.2, 0.25) is 0 Å². The van der Waals surface area contributed by atoms with Crippen LogP contribution in [0.3, 0.4) is 0 Å². The first-order valence-corrected chi connectivity index (χ1v) is 7.53. The summed E-state index contributed by atoms with van der Waals surface area (Å²) in [5, 5.41) is 9.78. The van der Waals surface area contributed by atoms with Gasteiger partial charge in [-0.2, -0.15) is 13.2 Å². The highest BCUT2D eigenvalue weighted by atomic mass is 19.4. The molecule has 5 nitrogen and oxygen atoms in total. The molecule has 0 aliphatic rings. The summed E-state index contributed by atoms with van der Waals surface area (Å²) in [7, 11) is 0. The molecule has 2 rings (SSSR count). The highest BCUT2D eigenvalue weighted by molar-refractivity contribution is 6.10. The van der Waals surface area contributed by atoms with Gasteiger partial charge in [-0.05, 0) is 37.6 Å². The minimum Gasteiger partial charge on any atom is -0.338 e. The van der Waals surface area contributed by atoms with E-state index in [4.69, 9.17) is 5.41 Å². The lowest BCUT2D eigenvalue weighted by atomic mass is 10.1. The maximum Gasteiger partial charge on any atom is 0.408 e. The number of nitrogens with zero attached hydrogens (tertiary/aromatic N) is 1. The third-order valence-electron chi connectivity index (χ3n) is 3.55. The van der Waals surface area contributed by atoms with Gasteiger partial charge in [0, 0.05) is 5.56 Å². The molecule has 0 saturated carbocycles. The Morgan fingerprint density at radius 3 is 2.69 bits per heavy atom. The standard InChI is InChI=1S/C17H16F4N4O/c1-9(6-13(22)11-4-3-5-12(18)7-11)14-8-23-15(25-14)16(26)24-10(2)17(19,20)21/h3-8,10,22H,1-2H3,(H,23,25)(H,24,26)/b9-6-,22-13?. The van der Waals surface area contributed by atoms with E-state index in [1.807, 2.05) is 0 Å². The Kier molecular flexibility index (Phi) is 5.59. The topological polar surface area (TPSA) is 81.6 Å². The van der Waals surface area contributed by atoms with Crippen LogP contribution in [-0.2, 0) is 0 Å². The zero-order valence-electron chi connectivity index (χ0n) is 13.9. The lowest BCUT2D eigenvalue weighted by molar-refractivity contribution is -0.149. The molecule has 0 saturated heterocycles. The lowest BCUT2D eigenvalue weighted by Gasteiger charge is -2.16. The van der Waals surface area contributed by atoms with Gasteiger partial charge < -0.3 is 15.7 Å². The summed E-state index contributed by atoms with van der Waals surface area (Å²) in [6, 6.07) is 3.50. The van der Waals surface area contributed by atoms with Crippen LogP contribution in [-0.4, -0.2) is 33.8 Å². The minimum atomic E-state index is -4.55. The van der Waals surface area contributed by atoms with Crippen molar-refractivity contribution in [3.05, 3.63) is 59.4 Å². The lowest BCUT2D eigenvalue weighted by Crippen LogP contribution is -2.43. The summed E-state index contributed by atoms with van der Waals surface area (Å²) in [6.07, 6.45) is -1.85. The number of nitrogens with one attached hydrogen (secondary N) is 3. The molecule has 1 unspecified atom stereocenters. The molecular weight excluding hydrogens is 352 g/mol. The van der Waals surface area contributed by atoms with Gasteiger partial charge in [0.25, 0.3) is 5.91 Å². The summed E-state index contributed by atoms with van der Waals surface area (Å²) in [4.78, 5) is 18.2. The van der Waals surface area contributed by atoms with Crippen LogP contribution in [0.25, 0.3) is 5.57 Å². The highest BCUT2D eigenvalue weighted by Crippen LogP contribution is 2.20. The highest BCUT2D eigenvalue weighted by Gasteiger charge is 2.37. The van der Waals surface area contributed by atoms with Crippen molar-refractivity contribution in [3.8, 4) is 0 Å². The second kappa shape index (κ2) is 7.51. The Balaban J connectivity index is 2.13. The van der Waals surface area contributed by atoms with E-state index < -0.39 is 23.9 Å². The Morgan fingerprint density at radius 2 is 2.08 bits per heavy atom. The maximum atomic E-state index is 13.2. The number of halogens is 4. The van der Waals surface area contributed by atoms with Crippen molar-refractivity contribution in [1.29, 1.82) is 5.41 Å². The fraction of sp³-hybridized carbons (Fsp3) is 0.235. The number of H-pyrrole nitrogens is 1. The molecule has 26 heavy (non-hydrogen) atoms. The van der Waals surface area contributed by atoms with Crippen LogP contribution in [0.4, 0.5) is 17.6 Å².